The van der Waals surface area contributed by atoms with E-state index in [1.54, 1.807) is 12.3 Å². The summed E-state index contributed by atoms with van der Waals surface area (Å²) in [4.78, 5) is 16.6. The molecule has 0 aliphatic rings. The van der Waals surface area contributed by atoms with Gasteiger partial charge in [0.1, 0.15) is 5.75 Å². The number of carbonyl (C=O) groups excluding carboxylic acids is 1. The number of pyridine rings is 1. The third-order valence-corrected chi connectivity index (χ3v) is 3.71. The van der Waals surface area contributed by atoms with E-state index >= 15 is 0 Å². The van der Waals surface area contributed by atoms with Gasteiger partial charge < -0.3 is 10.1 Å². The van der Waals surface area contributed by atoms with Gasteiger partial charge in [0.2, 0.25) is 0 Å². The molecule has 0 radical (unpaired) electrons. The molecule has 0 spiro atoms. The molecule has 1 heterocycles. The number of aromatic nitrogens is 1. The van der Waals surface area contributed by atoms with Crippen LogP contribution in [0.1, 0.15) is 29.3 Å². The van der Waals surface area contributed by atoms with Crippen LogP contribution in [-0.4, -0.2) is 17.5 Å². The number of nitrogens with zero attached hydrogens (tertiary/aromatic N) is 1. The number of amides is 1. The molecule has 3 rings (SSSR count). The van der Waals surface area contributed by atoms with Gasteiger partial charge in [-0.1, -0.05) is 25.1 Å². The molecule has 1 N–H and O–H groups in total. The van der Waals surface area contributed by atoms with Gasteiger partial charge in [-0.05, 0) is 48.4 Å². The van der Waals surface area contributed by atoms with Gasteiger partial charge in [0.25, 0.3) is 5.91 Å². The van der Waals surface area contributed by atoms with Crippen LogP contribution in [-0.2, 0) is 6.54 Å². The molecule has 122 valence electrons. The van der Waals surface area contributed by atoms with E-state index in [1.165, 1.54) is 0 Å². The van der Waals surface area contributed by atoms with Gasteiger partial charge in [-0.3, -0.25) is 9.78 Å². The van der Waals surface area contributed by atoms with E-state index in [0.29, 0.717) is 18.7 Å². The molecule has 0 bridgehead atoms. The SMILES string of the molecule is CCCOc1ccc(CNC(=O)c2ccc3ncccc3c2)cc1. The molecule has 0 fully saturated rings. The van der Waals surface area contributed by atoms with E-state index in [2.05, 4.69) is 17.2 Å². The Labute approximate surface area is 141 Å². The molecule has 0 aliphatic heterocycles. The van der Waals surface area contributed by atoms with Crippen molar-refractivity contribution in [2.75, 3.05) is 6.61 Å². The summed E-state index contributed by atoms with van der Waals surface area (Å²) in [5.41, 5.74) is 2.56. The Morgan fingerprint density at radius 1 is 1.12 bits per heavy atom. The van der Waals surface area contributed by atoms with Crippen LogP contribution in [0.2, 0.25) is 0 Å². The molecule has 24 heavy (non-hydrogen) atoms. The quantitative estimate of drug-likeness (QED) is 0.748. The predicted octanol–water partition coefficient (Wildman–Crippen LogP) is 3.95. The Hall–Kier alpha value is -2.88. The number of carbonyl (C=O) groups is 1. The van der Waals surface area contributed by atoms with Gasteiger partial charge in [-0.2, -0.15) is 0 Å². The van der Waals surface area contributed by atoms with Crippen LogP contribution in [0.5, 0.6) is 5.75 Å². The first kappa shape index (κ1) is 16.0. The molecule has 0 saturated carbocycles. The summed E-state index contributed by atoms with van der Waals surface area (Å²) >= 11 is 0. The maximum Gasteiger partial charge on any atom is 0.251 e. The zero-order valence-electron chi connectivity index (χ0n) is 13.7. The molecule has 0 atom stereocenters. The van der Waals surface area contributed by atoms with Crippen molar-refractivity contribution in [1.29, 1.82) is 0 Å². The Bertz CT molecular complexity index is 828. The summed E-state index contributed by atoms with van der Waals surface area (Å²) < 4.78 is 5.55. The number of nitrogens with one attached hydrogen (secondary N) is 1. The first-order valence-electron chi connectivity index (χ1n) is 8.11. The highest BCUT2D eigenvalue weighted by atomic mass is 16.5. The summed E-state index contributed by atoms with van der Waals surface area (Å²) in [5.74, 6) is 0.765. The molecule has 3 aromatic rings. The summed E-state index contributed by atoms with van der Waals surface area (Å²) in [7, 11) is 0. The van der Waals surface area contributed by atoms with E-state index < -0.39 is 0 Å². The second kappa shape index (κ2) is 7.59. The molecular formula is C20H20N2O2. The van der Waals surface area contributed by atoms with E-state index in [4.69, 9.17) is 4.74 Å². The lowest BCUT2D eigenvalue weighted by Gasteiger charge is -2.08. The maximum absolute atomic E-state index is 12.3. The molecule has 4 nitrogen and oxygen atoms in total. The van der Waals surface area contributed by atoms with Crippen LogP contribution >= 0.6 is 0 Å². The topological polar surface area (TPSA) is 51.2 Å². The maximum atomic E-state index is 12.3. The summed E-state index contributed by atoms with van der Waals surface area (Å²) in [6.07, 6.45) is 2.73. The number of ether oxygens (including phenoxy) is 1. The number of rotatable bonds is 6. The monoisotopic (exact) mass is 320 g/mol. The van der Waals surface area contributed by atoms with Gasteiger partial charge >= 0.3 is 0 Å². The van der Waals surface area contributed by atoms with Gasteiger partial charge in [0, 0.05) is 23.7 Å². The van der Waals surface area contributed by atoms with Crippen LogP contribution in [0.15, 0.2) is 60.8 Å². The molecule has 0 saturated heterocycles. The molecule has 1 aromatic heterocycles. The average Bonchev–Trinajstić information content (AvgIpc) is 2.65. The fraction of sp³-hybridized carbons (Fsp3) is 0.200. The number of benzene rings is 2. The fourth-order valence-electron chi connectivity index (χ4n) is 2.42. The van der Waals surface area contributed by atoms with Crippen molar-refractivity contribution >= 4 is 16.8 Å². The molecule has 0 unspecified atom stereocenters. The van der Waals surface area contributed by atoms with Gasteiger partial charge in [0.05, 0.1) is 12.1 Å². The highest BCUT2D eigenvalue weighted by Gasteiger charge is 2.06. The van der Waals surface area contributed by atoms with E-state index in [0.717, 1.165) is 28.6 Å². The Morgan fingerprint density at radius 3 is 2.75 bits per heavy atom. The van der Waals surface area contributed by atoms with Crippen molar-refractivity contribution < 1.29 is 9.53 Å². The minimum absolute atomic E-state index is 0.0907. The second-order valence-corrected chi connectivity index (χ2v) is 5.59. The zero-order chi connectivity index (χ0) is 16.8. The number of fused-ring (bicyclic) bond motifs is 1. The largest absolute Gasteiger partial charge is 0.494 e. The van der Waals surface area contributed by atoms with Crippen LogP contribution in [0.4, 0.5) is 0 Å². The minimum atomic E-state index is -0.0907. The third kappa shape index (κ3) is 3.90. The molecule has 4 heteroatoms. The zero-order valence-corrected chi connectivity index (χ0v) is 13.7. The highest BCUT2D eigenvalue weighted by Crippen LogP contribution is 2.14. The normalized spacial score (nSPS) is 10.5. The lowest BCUT2D eigenvalue weighted by atomic mass is 10.1. The van der Waals surface area contributed by atoms with Gasteiger partial charge in [-0.15, -0.1) is 0 Å². The average molecular weight is 320 g/mol. The third-order valence-electron chi connectivity index (χ3n) is 3.71. The van der Waals surface area contributed by atoms with Crippen LogP contribution in [0, 0.1) is 0 Å². The van der Waals surface area contributed by atoms with Crippen molar-refractivity contribution in [1.82, 2.24) is 10.3 Å². The smallest absolute Gasteiger partial charge is 0.251 e. The van der Waals surface area contributed by atoms with Gasteiger partial charge in [-0.25, -0.2) is 0 Å². The highest BCUT2D eigenvalue weighted by molar-refractivity contribution is 5.97. The van der Waals surface area contributed by atoms with Gasteiger partial charge in [0.15, 0.2) is 0 Å². The van der Waals surface area contributed by atoms with Crippen LogP contribution < -0.4 is 10.1 Å². The molecule has 0 aliphatic carbocycles. The molecular weight excluding hydrogens is 300 g/mol. The number of hydrogen-bond donors (Lipinski definition) is 1. The molecule has 1 amide bonds. The van der Waals surface area contributed by atoms with Crippen molar-refractivity contribution in [2.24, 2.45) is 0 Å². The lowest BCUT2D eigenvalue weighted by molar-refractivity contribution is 0.0951. The Morgan fingerprint density at radius 2 is 1.96 bits per heavy atom. The van der Waals surface area contributed by atoms with Crippen molar-refractivity contribution in [3.63, 3.8) is 0 Å². The standard InChI is InChI=1S/C20H20N2O2/c1-2-12-24-18-8-5-15(6-9-18)14-22-20(23)17-7-10-19-16(13-17)4-3-11-21-19/h3-11,13H,2,12,14H2,1H3,(H,22,23). The lowest BCUT2D eigenvalue weighted by Crippen LogP contribution is -2.22. The predicted molar refractivity (Wildman–Crippen MR) is 95.1 cm³/mol. The van der Waals surface area contributed by atoms with Crippen LogP contribution in [0.25, 0.3) is 10.9 Å². The van der Waals surface area contributed by atoms with E-state index in [-0.39, 0.29) is 5.91 Å². The van der Waals surface area contributed by atoms with Crippen molar-refractivity contribution in [3.05, 3.63) is 71.9 Å². The Kier molecular flexibility index (Phi) is 5.06. The minimum Gasteiger partial charge on any atom is -0.494 e. The first-order chi connectivity index (χ1) is 11.8. The molecule has 2 aromatic carbocycles. The van der Waals surface area contributed by atoms with Crippen molar-refractivity contribution in [2.45, 2.75) is 19.9 Å². The summed E-state index contributed by atoms with van der Waals surface area (Å²) in [6.45, 7) is 3.28. The van der Waals surface area contributed by atoms with E-state index in [1.807, 2.05) is 48.5 Å². The van der Waals surface area contributed by atoms with Crippen LogP contribution in [0.3, 0.4) is 0 Å². The van der Waals surface area contributed by atoms with Crippen molar-refractivity contribution in [3.8, 4) is 5.75 Å². The summed E-state index contributed by atoms with van der Waals surface area (Å²) in [6, 6.07) is 17.1. The first-order valence-corrected chi connectivity index (χ1v) is 8.11. The summed E-state index contributed by atoms with van der Waals surface area (Å²) in [5, 5.41) is 3.90. The fourth-order valence-corrected chi connectivity index (χ4v) is 2.42. The Balaban J connectivity index is 1.61. The second-order valence-electron chi connectivity index (χ2n) is 5.59. The number of hydrogen-bond acceptors (Lipinski definition) is 3. The van der Waals surface area contributed by atoms with E-state index in [9.17, 15) is 4.79 Å².